The molecule has 0 radical (unpaired) electrons. The standard InChI is InChI=1S/C20H27N3/c1-2-9-20(19-13-6-7-14-21-19)22-17-10-8-15-23(16-17)18-11-4-3-5-12-18/h3-7,11-14,17,20,22H,2,8-10,15-16H2,1H3. The number of pyridine rings is 1. The van der Waals surface area contributed by atoms with E-state index in [0.717, 1.165) is 19.5 Å². The third kappa shape index (κ3) is 4.32. The normalized spacial score (nSPS) is 19.5. The molecule has 0 aliphatic carbocycles. The van der Waals surface area contributed by atoms with Gasteiger partial charge in [0.2, 0.25) is 0 Å². The van der Waals surface area contributed by atoms with Gasteiger partial charge in [-0.3, -0.25) is 4.98 Å². The molecule has 1 saturated heterocycles. The Labute approximate surface area is 139 Å². The van der Waals surface area contributed by atoms with Crippen LogP contribution in [0.1, 0.15) is 44.3 Å². The Kier molecular flexibility index (Phi) is 5.65. The number of rotatable bonds is 6. The Morgan fingerprint density at radius 2 is 2.00 bits per heavy atom. The minimum Gasteiger partial charge on any atom is -0.370 e. The van der Waals surface area contributed by atoms with Crippen LogP contribution < -0.4 is 10.2 Å². The molecular weight excluding hydrogens is 282 g/mol. The number of hydrogen-bond acceptors (Lipinski definition) is 3. The number of aromatic nitrogens is 1. The van der Waals surface area contributed by atoms with E-state index in [1.165, 1.54) is 30.6 Å². The summed E-state index contributed by atoms with van der Waals surface area (Å²) in [7, 11) is 0. The van der Waals surface area contributed by atoms with Crippen molar-refractivity contribution in [2.24, 2.45) is 0 Å². The summed E-state index contributed by atoms with van der Waals surface area (Å²) in [5.41, 5.74) is 2.51. The molecule has 3 nitrogen and oxygen atoms in total. The number of nitrogens with one attached hydrogen (secondary N) is 1. The van der Waals surface area contributed by atoms with E-state index in [4.69, 9.17) is 0 Å². The van der Waals surface area contributed by atoms with Crippen LogP contribution in [-0.2, 0) is 0 Å². The van der Waals surface area contributed by atoms with E-state index >= 15 is 0 Å². The Balaban J connectivity index is 1.66. The minimum atomic E-state index is 0.363. The predicted octanol–water partition coefficient (Wildman–Crippen LogP) is 4.18. The quantitative estimate of drug-likeness (QED) is 0.867. The molecule has 0 spiro atoms. The summed E-state index contributed by atoms with van der Waals surface area (Å²) in [5.74, 6) is 0. The largest absolute Gasteiger partial charge is 0.370 e. The molecule has 2 heterocycles. The maximum absolute atomic E-state index is 4.56. The highest BCUT2D eigenvalue weighted by Crippen LogP contribution is 2.23. The summed E-state index contributed by atoms with van der Waals surface area (Å²) < 4.78 is 0. The van der Waals surface area contributed by atoms with Crippen LogP contribution in [-0.4, -0.2) is 24.1 Å². The summed E-state index contributed by atoms with van der Waals surface area (Å²) in [6, 6.07) is 17.9. The molecule has 0 amide bonds. The van der Waals surface area contributed by atoms with Gasteiger partial charge in [-0.2, -0.15) is 0 Å². The van der Waals surface area contributed by atoms with Crippen molar-refractivity contribution in [3.05, 3.63) is 60.4 Å². The number of anilines is 1. The highest BCUT2D eigenvalue weighted by Gasteiger charge is 2.23. The fourth-order valence-electron chi connectivity index (χ4n) is 3.46. The van der Waals surface area contributed by atoms with Crippen LogP contribution in [0.4, 0.5) is 5.69 Å². The smallest absolute Gasteiger partial charge is 0.0573 e. The molecular formula is C20H27N3. The Morgan fingerprint density at radius 1 is 1.17 bits per heavy atom. The first-order valence-corrected chi connectivity index (χ1v) is 8.84. The third-order valence-electron chi connectivity index (χ3n) is 4.60. The van der Waals surface area contributed by atoms with Crippen molar-refractivity contribution < 1.29 is 0 Å². The molecule has 3 heteroatoms. The molecule has 2 aromatic rings. The molecule has 122 valence electrons. The maximum Gasteiger partial charge on any atom is 0.0573 e. The first kappa shape index (κ1) is 16.0. The highest BCUT2D eigenvalue weighted by molar-refractivity contribution is 5.46. The van der Waals surface area contributed by atoms with E-state index in [1.807, 2.05) is 12.3 Å². The van der Waals surface area contributed by atoms with Gasteiger partial charge in [-0.15, -0.1) is 0 Å². The van der Waals surface area contributed by atoms with Gasteiger partial charge in [-0.25, -0.2) is 0 Å². The average Bonchev–Trinajstić information content (AvgIpc) is 2.63. The van der Waals surface area contributed by atoms with E-state index in [1.54, 1.807) is 0 Å². The van der Waals surface area contributed by atoms with Crippen molar-refractivity contribution in [1.29, 1.82) is 0 Å². The van der Waals surface area contributed by atoms with Gasteiger partial charge in [-0.1, -0.05) is 37.6 Å². The van der Waals surface area contributed by atoms with Crippen LogP contribution >= 0.6 is 0 Å². The van der Waals surface area contributed by atoms with Crippen molar-refractivity contribution in [2.75, 3.05) is 18.0 Å². The summed E-state index contributed by atoms with van der Waals surface area (Å²) >= 11 is 0. The second-order valence-corrected chi connectivity index (χ2v) is 6.38. The lowest BCUT2D eigenvalue weighted by atomic mass is 10.0. The van der Waals surface area contributed by atoms with E-state index in [2.05, 4.69) is 64.6 Å². The summed E-state index contributed by atoms with van der Waals surface area (Å²) in [6.07, 6.45) is 6.70. The summed E-state index contributed by atoms with van der Waals surface area (Å²) in [6.45, 7) is 4.48. The van der Waals surface area contributed by atoms with Gasteiger partial charge in [0.25, 0.3) is 0 Å². The van der Waals surface area contributed by atoms with E-state index in [0.29, 0.717) is 12.1 Å². The minimum absolute atomic E-state index is 0.363. The number of hydrogen-bond donors (Lipinski definition) is 1. The van der Waals surface area contributed by atoms with Crippen LogP contribution in [0.5, 0.6) is 0 Å². The highest BCUT2D eigenvalue weighted by atomic mass is 15.2. The number of nitrogens with zero attached hydrogens (tertiary/aromatic N) is 2. The molecule has 1 aromatic carbocycles. The van der Waals surface area contributed by atoms with Crippen molar-refractivity contribution in [1.82, 2.24) is 10.3 Å². The summed E-state index contributed by atoms with van der Waals surface area (Å²) in [5, 5.41) is 3.87. The zero-order valence-corrected chi connectivity index (χ0v) is 14.0. The van der Waals surface area contributed by atoms with E-state index < -0.39 is 0 Å². The monoisotopic (exact) mass is 309 g/mol. The molecule has 1 aliphatic rings. The fraction of sp³-hybridized carbons (Fsp3) is 0.450. The lowest BCUT2D eigenvalue weighted by Gasteiger charge is -2.36. The van der Waals surface area contributed by atoms with Crippen LogP contribution in [0.15, 0.2) is 54.7 Å². The zero-order chi connectivity index (χ0) is 15.9. The van der Waals surface area contributed by atoms with Crippen molar-refractivity contribution in [3.63, 3.8) is 0 Å². The van der Waals surface area contributed by atoms with Gasteiger partial charge in [0.15, 0.2) is 0 Å². The Morgan fingerprint density at radius 3 is 2.74 bits per heavy atom. The Hall–Kier alpha value is -1.87. The SMILES string of the molecule is CCCC(NC1CCCN(c2ccccc2)C1)c1ccccn1. The van der Waals surface area contributed by atoms with Crippen LogP contribution in [0.2, 0.25) is 0 Å². The number of benzene rings is 1. The van der Waals surface area contributed by atoms with Gasteiger partial charge < -0.3 is 10.2 Å². The average molecular weight is 309 g/mol. The van der Waals surface area contributed by atoms with Crippen molar-refractivity contribution >= 4 is 5.69 Å². The van der Waals surface area contributed by atoms with Gasteiger partial charge >= 0.3 is 0 Å². The molecule has 0 bridgehead atoms. The lowest BCUT2D eigenvalue weighted by molar-refractivity contribution is 0.360. The fourth-order valence-corrected chi connectivity index (χ4v) is 3.46. The molecule has 3 rings (SSSR count). The van der Waals surface area contributed by atoms with Crippen molar-refractivity contribution in [3.8, 4) is 0 Å². The van der Waals surface area contributed by atoms with Gasteiger partial charge in [0.1, 0.15) is 0 Å². The van der Waals surface area contributed by atoms with Crippen LogP contribution in [0, 0.1) is 0 Å². The molecule has 0 saturated carbocycles. The second-order valence-electron chi connectivity index (χ2n) is 6.38. The Bertz CT molecular complexity index is 570. The van der Waals surface area contributed by atoms with E-state index in [9.17, 15) is 0 Å². The molecule has 1 fully saturated rings. The first-order chi connectivity index (χ1) is 11.4. The second kappa shape index (κ2) is 8.11. The van der Waals surface area contributed by atoms with Crippen LogP contribution in [0.25, 0.3) is 0 Å². The number of para-hydroxylation sites is 1. The molecule has 1 aliphatic heterocycles. The van der Waals surface area contributed by atoms with Gasteiger partial charge in [0.05, 0.1) is 5.69 Å². The van der Waals surface area contributed by atoms with Gasteiger partial charge in [-0.05, 0) is 43.5 Å². The molecule has 1 N–H and O–H groups in total. The van der Waals surface area contributed by atoms with Gasteiger partial charge in [0, 0.05) is 37.1 Å². The molecule has 2 unspecified atom stereocenters. The maximum atomic E-state index is 4.56. The van der Waals surface area contributed by atoms with Crippen molar-refractivity contribution in [2.45, 2.75) is 44.7 Å². The van der Waals surface area contributed by atoms with E-state index in [-0.39, 0.29) is 0 Å². The van der Waals surface area contributed by atoms with Crippen LogP contribution in [0.3, 0.4) is 0 Å². The molecule has 23 heavy (non-hydrogen) atoms. The third-order valence-corrected chi connectivity index (χ3v) is 4.60. The molecule has 1 aromatic heterocycles. The zero-order valence-electron chi connectivity index (χ0n) is 14.0. The predicted molar refractivity (Wildman–Crippen MR) is 96.7 cm³/mol. The number of piperidine rings is 1. The topological polar surface area (TPSA) is 28.2 Å². The first-order valence-electron chi connectivity index (χ1n) is 8.84. The summed E-state index contributed by atoms with van der Waals surface area (Å²) in [4.78, 5) is 7.07. The molecule has 2 atom stereocenters. The lowest BCUT2D eigenvalue weighted by Crippen LogP contribution is -2.47.